The molecule has 2 N–H and O–H groups in total. The quantitative estimate of drug-likeness (QED) is 0.204. The molecule has 0 saturated heterocycles. The van der Waals surface area contributed by atoms with Crippen LogP contribution in [0.25, 0.3) is 0 Å². The van der Waals surface area contributed by atoms with Gasteiger partial charge in [-0.25, -0.2) is 0 Å². The monoisotopic (exact) mass is 439 g/mol. The first kappa shape index (κ1) is 21.2. The van der Waals surface area contributed by atoms with Crippen LogP contribution < -0.4 is 10.6 Å². The van der Waals surface area contributed by atoms with E-state index in [2.05, 4.69) is 31.8 Å². The van der Waals surface area contributed by atoms with Gasteiger partial charge in [0.2, 0.25) is 0 Å². The van der Waals surface area contributed by atoms with Gasteiger partial charge >= 0.3 is 5.97 Å². The van der Waals surface area contributed by atoms with Crippen molar-refractivity contribution in [3.8, 4) is 0 Å². The van der Waals surface area contributed by atoms with Gasteiger partial charge in [0.05, 0.1) is 13.7 Å². The van der Waals surface area contributed by atoms with Crippen molar-refractivity contribution in [3.05, 3.63) is 22.4 Å². The number of nitrogens with zero attached hydrogens (tertiary/aromatic N) is 1. The minimum Gasteiger partial charge on any atom is -0.469 e. The molecule has 0 aliphatic rings. The summed E-state index contributed by atoms with van der Waals surface area (Å²) in [5.41, 5.74) is 0. The number of hydrogen-bond acceptors (Lipinski definition) is 4. The number of thiophene rings is 1. The zero-order valence-electron chi connectivity index (χ0n) is 13.3. The van der Waals surface area contributed by atoms with Crippen LogP contribution in [0.5, 0.6) is 0 Å². The molecule has 22 heavy (non-hydrogen) atoms. The van der Waals surface area contributed by atoms with Crippen molar-refractivity contribution in [3.63, 3.8) is 0 Å². The first-order chi connectivity index (χ1) is 10.3. The smallest absolute Gasteiger partial charge is 0.305 e. The molecule has 0 fully saturated rings. The van der Waals surface area contributed by atoms with Gasteiger partial charge in [-0.2, -0.15) is 0 Å². The molecule has 0 unspecified atom stereocenters. The molecule has 0 radical (unpaired) electrons. The van der Waals surface area contributed by atoms with E-state index >= 15 is 0 Å². The molecule has 0 saturated carbocycles. The largest absolute Gasteiger partial charge is 0.469 e. The topological polar surface area (TPSA) is 62.7 Å². The fourth-order valence-electron chi connectivity index (χ4n) is 1.86. The summed E-state index contributed by atoms with van der Waals surface area (Å²) in [7, 11) is 3.21. The van der Waals surface area contributed by atoms with E-state index in [1.54, 1.807) is 18.4 Å². The molecule has 1 aromatic rings. The highest BCUT2D eigenvalue weighted by atomic mass is 127. The molecule has 0 atom stereocenters. The van der Waals surface area contributed by atoms with Crippen LogP contribution in [0.3, 0.4) is 0 Å². The lowest BCUT2D eigenvalue weighted by atomic mass is 10.1. The van der Waals surface area contributed by atoms with E-state index in [1.165, 1.54) is 12.0 Å². The molecule has 1 heterocycles. The van der Waals surface area contributed by atoms with Crippen molar-refractivity contribution >= 4 is 47.2 Å². The van der Waals surface area contributed by atoms with Gasteiger partial charge in [0, 0.05) is 24.9 Å². The Morgan fingerprint density at radius 1 is 1.27 bits per heavy atom. The second-order valence-electron chi connectivity index (χ2n) is 4.67. The summed E-state index contributed by atoms with van der Waals surface area (Å²) in [6.45, 7) is 1.69. The van der Waals surface area contributed by atoms with E-state index in [4.69, 9.17) is 0 Å². The lowest BCUT2D eigenvalue weighted by molar-refractivity contribution is -0.140. The number of hydrogen-bond donors (Lipinski definition) is 2. The maximum Gasteiger partial charge on any atom is 0.305 e. The molecule has 126 valence electrons. The van der Waals surface area contributed by atoms with Gasteiger partial charge in [-0.15, -0.1) is 35.3 Å². The Morgan fingerprint density at radius 2 is 2.05 bits per heavy atom. The highest BCUT2D eigenvalue weighted by Gasteiger charge is 2.00. The molecule has 1 rings (SSSR count). The Bertz CT molecular complexity index is 424. The number of nitrogens with one attached hydrogen (secondary N) is 2. The summed E-state index contributed by atoms with van der Waals surface area (Å²) in [6, 6.07) is 4.15. The van der Waals surface area contributed by atoms with Crippen LogP contribution in [0.4, 0.5) is 0 Å². The highest BCUT2D eigenvalue weighted by Crippen LogP contribution is 2.07. The molecule has 0 aromatic carbocycles. The minimum absolute atomic E-state index is 0. The lowest BCUT2D eigenvalue weighted by Gasteiger charge is -2.11. The van der Waals surface area contributed by atoms with Crippen molar-refractivity contribution in [1.82, 2.24) is 10.6 Å². The molecular weight excluding hydrogens is 413 g/mol. The van der Waals surface area contributed by atoms with Crippen LogP contribution in [-0.4, -0.2) is 32.6 Å². The molecule has 1 aromatic heterocycles. The summed E-state index contributed by atoms with van der Waals surface area (Å²) in [5, 5.41) is 8.65. The number of methoxy groups -OCH3 is 1. The number of halogens is 1. The van der Waals surface area contributed by atoms with Crippen molar-refractivity contribution < 1.29 is 9.53 Å². The third-order valence-corrected chi connectivity index (χ3v) is 3.94. The van der Waals surface area contributed by atoms with Gasteiger partial charge in [-0.05, 0) is 24.3 Å². The summed E-state index contributed by atoms with van der Waals surface area (Å²) < 4.78 is 4.61. The van der Waals surface area contributed by atoms with Crippen LogP contribution >= 0.6 is 35.3 Å². The fourth-order valence-corrected chi connectivity index (χ4v) is 2.51. The third kappa shape index (κ3) is 9.99. The molecule has 0 spiro atoms. The molecule has 0 aliphatic heterocycles. The average Bonchev–Trinajstić information content (AvgIpc) is 3.02. The Kier molecular flexibility index (Phi) is 13.3. The van der Waals surface area contributed by atoms with Crippen LogP contribution in [-0.2, 0) is 16.1 Å². The Balaban J connectivity index is 0.00000441. The van der Waals surface area contributed by atoms with Crippen molar-refractivity contribution in [1.29, 1.82) is 0 Å². The molecule has 5 nitrogen and oxygen atoms in total. The fraction of sp³-hybridized carbons (Fsp3) is 0.600. The van der Waals surface area contributed by atoms with Gasteiger partial charge in [0.15, 0.2) is 5.96 Å². The third-order valence-electron chi connectivity index (χ3n) is 3.06. The second-order valence-corrected chi connectivity index (χ2v) is 5.70. The van der Waals surface area contributed by atoms with Gasteiger partial charge in [0.25, 0.3) is 0 Å². The summed E-state index contributed by atoms with van der Waals surface area (Å²) in [6.07, 6.45) is 4.65. The lowest BCUT2D eigenvalue weighted by Crippen LogP contribution is -2.37. The van der Waals surface area contributed by atoms with E-state index in [0.29, 0.717) is 6.42 Å². The van der Waals surface area contributed by atoms with Gasteiger partial charge < -0.3 is 15.4 Å². The second kappa shape index (κ2) is 13.8. The van der Waals surface area contributed by atoms with E-state index < -0.39 is 0 Å². The number of carbonyl (C=O) groups excluding carboxylic acids is 1. The number of aliphatic imine (C=N–C) groups is 1. The predicted octanol–water partition coefficient (Wildman–Crippen LogP) is 3.15. The maximum absolute atomic E-state index is 10.9. The number of guanidine groups is 1. The zero-order chi connectivity index (χ0) is 15.3. The Hall–Kier alpha value is -0.830. The van der Waals surface area contributed by atoms with E-state index in [1.807, 2.05) is 6.07 Å². The summed E-state index contributed by atoms with van der Waals surface area (Å²) in [4.78, 5) is 16.4. The van der Waals surface area contributed by atoms with Crippen LogP contribution in [0, 0.1) is 0 Å². The SMILES string of the molecule is CN=C(NCCCCCCC(=O)OC)NCc1cccs1.I. The molecular formula is C15H26IN3O2S. The van der Waals surface area contributed by atoms with Crippen LogP contribution in [0.1, 0.15) is 37.0 Å². The zero-order valence-corrected chi connectivity index (χ0v) is 16.4. The normalized spacial score (nSPS) is 10.7. The number of carbonyl (C=O) groups is 1. The average molecular weight is 439 g/mol. The maximum atomic E-state index is 10.9. The number of ether oxygens (including phenoxy) is 1. The van der Waals surface area contributed by atoms with Gasteiger partial charge in [-0.1, -0.05) is 18.9 Å². The van der Waals surface area contributed by atoms with Crippen molar-refractivity contribution in [2.45, 2.75) is 38.6 Å². The van der Waals surface area contributed by atoms with Crippen LogP contribution in [0.15, 0.2) is 22.5 Å². The van der Waals surface area contributed by atoms with Crippen molar-refractivity contribution in [2.24, 2.45) is 4.99 Å². The van der Waals surface area contributed by atoms with Gasteiger partial charge in [-0.3, -0.25) is 9.79 Å². The first-order valence-electron chi connectivity index (χ1n) is 7.30. The molecule has 0 amide bonds. The van der Waals surface area contributed by atoms with Crippen molar-refractivity contribution in [2.75, 3.05) is 20.7 Å². The standard InChI is InChI=1S/C15H25N3O2S.HI/c1-16-15(18-12-13-8-7-11-21-13)17-10-6-4-3-5-9-14(19)20-2;/h7-8,11H,3-6,9-10,12H2,1-2H3,(H2,16,17,18);1H. The molecule has 0 bridgehead atoms. The Labute approximate surface area is 154 Å². The predicted molar refractivity (Wildman–Crippen MR) is 103 cm³/mol. The van der Waals surface area contributed by atoms with E-state index in [9.17, 15) is 4.79 Å². The summed E-state index contributed by atoms with van der Waals surface area (Å²) in [5.74, 6) is 0.712. The number of esters is 1. The molecule has 0 aliphatic carbocycles. The minimum atomic E-state index is -0.119. The summed E-state index contributed by atoms with van der Waals surface area (Å²) >= 11 is 1.73. The number of unbranched alkanes of at least 4 members (excludes halogenated alkanes) is 3. The van der Waals surface area contributed by atoms with Gasteiger partial charge in [0.1, 0.15) is 0 Å². The molecule has 7 heteroatoms. The van der Waals surface area contributed by atoms with E-state index in [0.717, 1.165) is 44.7 Å². The van der Waals surface area contributed by atoms with E-state index in [-0.39, 0.29) is 29.9 Å². The van der Waals surface area contributed by atoms with Crippen LogP contribution in [0.2, 0.25) is 0 Å². The highest BCUT2D eigenvalue weighted by molar-refractivity contribution is 14.0. The first-order valence-corrected chi connectivity index (χ1v) is 8.18. The number of rotatable bonds is 9. The Morgan fingerprint density at radius 3 is 2.68 bits per heavy atom.